The molecule has 3 heteroatoms. The molecule has 2 heterocycles. The summed E-state index contributed by atoms with van der Waals surface area (Å²) in [5, 5.41) is 4.02. The number of pyridine rings is 1. The van der Waals surface area contributed by atoms with Crippen LogP contribution in [-0.4, -0.2) is 16.7 Å². The Labute approximate surface area is 65.6 Å². The van der Waals surface area contributed by atoms with Crippen molar-refractivity contribution in [3.05, 3.63) is 30.6 Å². The van der Waals surface area contributed by atoms with Crippen molar-refractivity contribution in [2.24, 2.45) is 0 Å². The van der Waals surface area contributed by atoms with Crippen molar-refractivity contribution in [3.8, 4) is 5.75 Å². The fourth-order valence-electron chi connectivity index (χ4n) is 1.03. The molecule has 2 aromatic heterocycles. The minimum atomic E-state index is 0.380. The molecule has 0 saturated carbocycles. The molecule has 0 fully saturated rings. The van der Waals surface area contributed by atoms with Crippen LogP contribution in [0.1, 0.15) is 1.37 Å². The number of hydrogen-bond acceptors (Lipinski definition) is 2. The Morgan fingerprint density at radius 2 is 2.64 bits per heavy atom. The number of ether oxygens (including phenoxy) is 1. The predicted octanol–water partition coefficient (Wildman–Crippen LogP) is 1.34. The van der Waals surface area contributed by atoms with Crippen LogP contribution < -0.4 is 4.74 Å². The van der Waals surface area contributed by atoms with E-state index in [1.807, 2.05) is 6.07 Å². The first-order valence-corrected chi connectivity index (χ1v) is 3.30. The summed E-state index contributed by atoms with van der Waals surface area (Å²) in [6, 6.07) is 3.85. The third-order valence-electron chi connectivity index (χ3n) is 1.54. The molecule has 0 N–H and O–H groups in total. The van der Waals surface area contributed by atoms with E-state index in [0.717, 1.165) is 5.52 Å². The van der Waals surface area contributed by atoms with Crippen LogP contribution in [0.2, 0.25) is 0 Å². The zero-order valence-electron chi connectivity index (χ0n) is 7.11. The molecule has 0 atom stereocenters. The Hall–Kier alpha value is -1.51. The largest absolute Gasteiger partial charge is 0.494 e. The van der Waals surface area contributed by atoms with Crippen LogP contribution in [0, 0.1) is 0 Å². The summed E-state index contributed by atoms with van der Waals surface area (Å²) in [6.45, 7) is 0. The van der Waals surface area contributed by atoms with Gasteiger partial charge >= 0.3 is 0 Å². The number of rotatable bonds is 1. The number of fused-ring (bicyclic) bond motifs is 1. The molecule has 0 bridgehead atoms. The van der Waals surface area contributed by atoms with Gasteiger partial charge in [-0.3, -0.25) is 0 Å². The average molecular weight is 149 g/mol. The van der Waals surface area contributed by atoms with E-state index in [0.29, 0.717) is 11.8 Å². The molecule has 0 aliphatic carbocycles. The van der Waals surface area contributed by atoms with Gasteiger partial charge in [0.05, 0.1) is 14.7 Å². The molecule has 11 heavy (non-hydrogen) atoms. The number of methoxy groups -OCH3 is 1. The highest BCUT2D eigenvalue weighted by molar-refractivity contribution is 5.58. The standard InChI is InChI=1S/C8H8N2O/c1-11-8-3-2-6-10-7(8)4-5-9-10/h2-6H,1H3/i3D. The van der Waals surface area contributed by atoms with E-state index in [4.69, 9.17) is 6.11 Å². The van der Waals surface area contributed by atoms with Gasteiger partial charge < -0.3 is 4.74 Å². The van der Waals surface area contributed by atoms with E-state index in [2.05, 4.69) is 5.10 Å². The van der Waals surface area contributed by atoms with Crippen molar-refractivity contribution in [2.75, 3.05) is 7.11 Å². The quantitative estimate of drug-likeness (QED) is 0.611. The fraction of sp³-hybridized carbons (Fsp3) is 0.125. The summed E-state index contributed by atoms with van der Waals surface area (Å²) >= 11 is 0. The van der Waals surface area contributed by atoms with Gasteiger partial charge in [0, 0.05) is 6.20 Å². The molecule has 56 valence electrons. The Kier molecular flexibility index (Phi) is 1.07. The topological polar surface area (TPSA) is 26.5 Å². The lowest BCUT2D eigenvalue weighted by atomic mass is 10.4. The van der Waals surface area contributed by atoms with Gasteiger partial charge in [-0.15, -0.1) is 0 Å². The smallest absolute Gasteiger partial charge is 0.144 e. The Balaban J connectivity index is 2.83. The molecule has 0 spiro atoms. The summed E-state index contributed by atoms with van der Waals surface area (Å²) in [4.78, 5) is 0. The summed E-state index contributed by atoms with van der Waals surface area (Å²) in [5.41, 5.74) is 0.824. The van der Waals surface area contributed by atoms with Gasteiger partial charge in [0.1, 0.15) is 11.3 Å². The van der Waals surface area contributed by atoms with Crippen molar-refractivity contribution in [1.82, 2.24) is 9.61 Å². The maximum atomic E-state index is 7.53. The zero-order chi connectivity index (χ0) is 8.55. The lowest BCUT2D eigenvalue weighted by Crippen LogP contribution is -1.89. The first-order chi connectivity index (χ1) is 5.83. The third kappa shape index (κ3) is 0.852. The van der Waals surface area contributed by atoms with Gasteiger partial charge in [-0.2, -0.15) is 5.10 Å². The van der Waals surface area contributed by atoms with E-state index >= 15 is 0 Å². The summed E-state index contributed by atoms with van der Waals surface area (Å²) in [6.07, 6.45) is 3.41. The molecule has 0 radical (unpaired) electrons. The van der Waals surface area contributed by atoms with E-state index in [1.54, 1.807) is 30.1 Å². The molecule has 0 aromatic carbocycles. The number of nitrogens with zero attached hydrogens (tertiary/aromatic N) is 2. The van der Waals surface area contributed by atoms with E-state index < -0.39 is 0 Å². The average Bonchev–Trinajstić information content (AvgIpc) is 2.52. The molecule has 0 saturated heterocycles. The normalized spacial score (nSPS) is 11.5. The van der Waals surface area contributed by atoms with Crippen molar-refractivity contribution >= 4 is 5.52 Å². The first-order valence-electron chi connectivity index (χ1n) is 3.80. The van der Waals surface area contributed by atoms with Gasteiger partial charge in [-0.25, -0.2) is 4.52 Å². The second-order valence-corrected chi connectivity index (χ2v) is 2.15. The van der Waals surface area contributed by atoms with Crippen molar-refractivity contribution in [3.63, 3.8) is 0 Å². The SMILES string of the molecule is [2H]c1ccn2nccc2c1OC. The monoisotopic (exact) mass is 149 g/mol. The predicted molar refractivity (Wildman–Crippen MR) is 41.7 cm³/mol. The fourth-order valence-corrected chi connectivity index (χ4v) is 1.03. The minimum Gasteiger partial charge on any atom is -0.494 e. The Morgan fingerprint density at radius 1 is 1.73 bits per heavy atom. The lowest BCUT2D eigenvalue weighted by Gasteiger charge is -1.99. The molecule has 3 nitrogen and oxygen atoms in total. The van der Waals surface area contributed by atoms with Crippen LogP contribution in [0.3, 0.4) is 0 Å². The van der Waals surface area contributed by atoms with Crippen molar-refractivity contribution in [2.45, 2.75) is 0 Å². The molecule has 2 rings (SSSR count). The number of hydrogen-bond donors (Lipinski definition) is 0. The van der Waals surface area contributed by atoms with Gasteiger partial charge in [0.2, 0.25) is 0 Å². The summed E-state index contributed by atoms with van der Waals surface area (Å²) < 4.78 is 14.3. The van der Waals surface area contributed by atoms with E-state index in [1.165, 1.54) is 0 Å². The number of aromatic nitrogens is 2. The molecule has 2 aromatic rings. The molecular weight excluding hydrogens is 140 g/mol. The summed E-state index contributed by atoms with van der Waals surface area (Å²) in [5.74, 6) is 0.565. The maximum Gasteiger partial charge on any atom is 0.144 e. The molecule has 0 amide bonds. The van der Waals surface area contributed by atoms with Crippen LogP contribution in [0.5, 0.6) is 5.75 Å². The highest BCUT2D eigenvalue weighted by atomic mass is 16.5. The highest BCUT2D eigenvalue weighted by Crippen LogP contribution is 2.16. The molecule has 0 aliphatic rings. The molecule has 0 aliphatic heterocycles. The zero-order valence-corrected chi connectivity index (χ0v) is 6.11. The maximum absolute atomic E-state index is 7.53. The van der Waals surface area contributed by atoms with Crippen LogP contribution >= 0.6 is 0 Å². The molecule has 0 unspecified atom stereocenters. The second kappa shape index (κ2) is 2.27. The minimum absolute atomic E-state index is 0.380. The van der Waals surface area contributed by atoms with Gasteiger partial charge in [-0.1, -0.05) is 0 Å². The van der Waals surface area contributed by atoms with Crippen LogP contribution in [0.15, 0.2) is 30.6 Å². The second-order valence-electron chi connectivity index (χ2n) is 2.15. The highest BCUT2D eigenvalue weighted by Gasteiger charge is 1.98. The van der Waals surface area contributed by atoms with Gasteiger partial charge in [0.15, 0.2) is 0 Å². The van der Waals surface area contributed by atoms with Crippen LogP contribution in [0.4, 0.5) is 0 Å². The van der Waals surface area contributed by atoms with Gasteiger partial charge in [0.25, 0.3) is 0 Å². The van der Waals surface area contributed by atoms with Gasteiger partial charge in [-0.05, 0) is 18.2 Å². The van der Waals surface area contributed by atoms with E-state index in [-0.39, 0.29) is 0 Å². The first kappa shape index (κ1) is 5.18. The van der Waals surface area contributed by atoms with Crippen LogP contribution in [-0.2, 0) is 0 Å². The van der Waals surface area contributed by atoms with E-state index in [9.17, 15) is 0 Å². The van der Waals surface area contributed by atoms with Crippen LogP contribution in [0.25, 0.3) is 5.52 Å². The van der Waals surface area contributed by atoms with Crippen molar-refractivity contribution < 1.29 is 6.11 Å². The lowest BCUT2D eigenvalue weighted by molar-refractivity contribution is 0.417. The molecular formula is C8H8N2O. The summed E-state index contributed by atoms with van der Waals surface area (Å²) in [7, 11) is 1.56. The van der Waals surface area contributed by atoms with Crippen molar-refractivity contribution in [1.29, 1.82) is 0 Å². The third-order valence-corrected chi connectivity index (χ3v) is 1.54. The Bertz CT molecular complexity index is 410. The Morgan fingerprint density at radius 3 is 3.45 bits per heavy atom.